The molecule has 0 radical (unpaired) electrons. The molecule has 94 valence electrons. The first-order chi connectivity index (χ1) is 8.79. The number of hydrogen-bond donors (Lipinski definition) is 3. The Hall–Kier alpha value is -2.01. The summed E-state index contributed by atoms with van der Waals surface area (Å²) in [5.41, 5.74) is 4.16. The third kappa shape index (κ3) is 1.73. The Labute approximate surface area is 105 Å². The summed E-state index contributed by atoms with van der Waals surface area (Å²) in [5, 5.41) is 20.6. The number of hydrogen-bond acceptors (Lipinski definition) is 4. The highest BCUT2D eigenvalue weighted by molar-refractivity contribution is 5.67. The van der Waals surface area contributed by atoms with E-state index in [0.29, 0.717) is 5.75 Å². The first kappa shape index (κ1) is 11.1. The number of benzene rings is 1. The number of nitrogens with one attached hydrogen (secondary N) is 2. The van der Waals surface area contributed by atoms with Crippen LogP contribution in [0.4, 0.5) is 0 Å². The van der Waals surface area contributed by atoms with E-state index in [0.717, 1.165) is 30.8 Å². The highest BCUT2D eigenvalue weighted by atomic mass is 16.5. The van der Waals surface area contributed by atoms with Gasteiger partial charge in [0.15, 0.2) is 11.5 Å². The van der Waals surface area contributed by atoms with Gasteiger partial charge in [0.1, 0.15) is 0 Å². The molecule has 0 amide bonds. The van der Waals surface area contributed by atoms with Crippen molar-refractivity contribution in [2.45, 2.75) is 13.0 Å². The minimum Gasteiger partial charge on any atom is -0.504 e. The van der Waals surface area contributed by atoms with Crippen molar-refractivity contribution in [3.8, 4) is 22.8 Å². The molecule has 0 atom stereocenters. The third-order valence-corrected chi connectivity index (χ3v) is 3.26. The summed E-state index contributed by atoms with van der Waals surface area (Å²) < 4.78 is 5.04. The monoisotopic (exact) mass is 245 g/mol. The molecule has 5 nitrogen and oxygen atoms in total. The topological polar surface area (TPSA) is 70.2 Å². The lowest BCUT2D eigenvalue weighted by Gasteiger charge is -2.13. The molecule has 0 aliphatic carbocycles. The second kappa shape index (κ2) is 4.34. The van der Waals surface area contributed by atoms with Gasteiger partial charge in [0, 0.05) is 36.3 Å². The molecule has 0 fully saturated rings. The zero-order chi connectivity index (χ0) is 12.5. The van der Waals surface area contributed by atoms with Crippen LogP contribution in [0.25, 0.3) is 11.3 Å². The molecule has 18 heavy (non-hydrogen) atoms. The van der Waals surface area contributed by atoms with E-state index in [1.54, 1.807) is 12.1 Å². The maximum atomic E-state index is 9.82. The van der Waals surface area contributed by atoms with Crippen LogP contribution in [0, 0.1) is 0 Å². The lowest BCUT2D eigenvalue weighted by molar-refractivity contribution is 0.373. The molecule has 1 aromatic heterocycles. The molecule has 2 heterocycles. The van der Waals surface area contributed by atoms with Crippen molar-refractivity contribution in [2.75, 3.05) is 13.7 Å². The van der Waals surface area contributed by atoms with Crippen LogP contribution in [0.2, 0.25) is 0 Å². The van der Waals surface area contributed by atoms with Crippen LogP contribution in [0.3, 0.4) is 0 Å². The van der Waals surface area contributed by atoms with Crippen LogP contribution in [0.5, 0.6) is 11.5 Å². The van der Waals surface area contributed by atoms with Crippen LogP contribution >= 0.6 is 0 Å². The number of H-pyrrole nitrogens is 1. The van der Waals surface area contributed by atoms with E-state index in [9.17, 15) is 5.11 Å². The normalized spacial score (nSPS) is 14.3. The number of ether oxygens (including phenoxy) is 1. The number of aromatic nitrogens is 2. The Morgan fingerprint density at radius 1 is 1.39 bits per heavy atom. The first-order valence-corrected chi connectivity index (χ1v) is 5.94. The van der Waals surface area contributed by atoms with Crippen LogP contribution in [0.15, 0.2) is 18.2 Å². The van der Waals surface area contributed by atoms with Crippen molar-refractivity contribution in [3.05, 3.63) is 29.5 Å². The summed E-state index contributed by atoms with van der Waals surface area (Å²) in [5.74, 6) is 0.608. The lowest BCUT2D eigenvalue weighted by Crippen LogP contribution is -2.23. The molecule has 0 unspecified atom stereocenters. The molecule has 0 saturated heterocycles. The van der Waals surface area contributed by atoms with Gasteiger partial charge in [-0.1, -0.05) is 0 Å². The molecule has 0 saturated carbocycles. The second-order valence-corrected chi connectivity index (χ2v) is 4.34. The average molecular weight is 245 g/mol. The highest BCUT2D eigenvalue weighted by Gasteiger charge is 2.18. The minimum absolute atomic E-state index is 0.135. The van der Waals surface area contributed by atoms with E-state index in [1.165, 1.54) is 18.4 Å². The Balaban J connectivity index is 2.04. The molecule has 0 spiro atoms. The summed E-state index contributed by atoms with van der Waals surface area (Å²) in [4.78, 5) is 0. The van der Waals surface area contributed by atoms with E-state index >= 15 is 0 Å². The number of aromatic amines is 1. The maximum absolute atomic E-state index is 9.82. The summed E-state index contributed by atoms with van der Waals surface area (Å²) in [6.45, 7) is 1.79. The molecule has 1 aromatic carbocycles. The van der Waals surface area contributed by atoms with E-state index in [2.05, 4.69) is 15.5 Å². The zero-order valence-corrected chi connectivity index (χ0v) is 10.2. The van der Waals surface area contributed by atoms with E-state index in [-0.39, 0.29) is 5.75 Å². The SMILES string of the molecule is COc1ccc(-c2n[nH]c3c2CNCC3)cc1O. The van der Waals surface area contributed by atoms with Gasteiger partial charge in [0.25, 0.3) is 0 Å². The smallest absolute Gasteiger partial charge is 0.160 e. The van der Waals surface area contributed by atoms with Gasteiger partial charge in [-0.3, -0.25) is 5.10 Å². The molecule has 1 aliphatic rings. The van der Waals surface area contributed by atoms with E-state index in [4.69, 9.17) is 4.74 Å². The molecular weight excluding hydrogens is 230 g/mol. The molecule has 3 rings (SSSR count). The van der Waals surface area contributed by atoms with E-state index < -0.39 is 0 Å². The molecule has 2 aromatic rings. The Morgan fingerprint density at radius 3 is 3.06 bits per heavy atom. The van der Waals surface area contributed by atoms with Crippen molar-refractivity contribution in [1.82, 2.24) is 15.5 Å². The summed E-state index contributed by atoms with van der Waals surface area (Å²) in [6.07, 6.45) is 0.963. The minimum atomic E-state index is 0.135. The number of phenolic OH excluding ortho intramolecular Hbond substituents is 1. The van der Waals surface area contributed by atoms with Crippen LogP contribution < -0.4 is 10.1 Å². The fourth-order valence-corrected chi connectivity index (χ4v) is 2.30. The number of phenols is 1. The fourth-order valence-electron chi connectivity index (χ4n) is 2.30. The van der Waals surface area contributed by atoms with Gasteiger partial charge in [-0.05, 0) is 18.2 Å². The predicted molar refractivity (Wildman–Crippen MR) is 67.7 cm³/mol. The largest absolute Gasteiger partial charge is 0.504 e. The Bertz CT molecular complexity index is 578. The number of fused-ring (bicyclic) bond motifs is 1. The maximum Gasteiger partial charge on any atom is 0.160 e. The van der Waals surface area contributed by atoms with Crippen molar-refractivity contribution < 1.29 is 9.84 Å². The predicted octanol–water partition coefficient (Wildman–Crippen LogP) is 1.44. The molecule has 3 N–H and O–H groups in total. The van der Waals surface area contributed by atoms with Crippen LogP contribution in [-0.2, 0) is 13.0 Å². The zero-order valence-electron chi connectivity index (χ0n) is 10.2. The number of rotatable bonds is 2. The summed E-state index contributed by atoms with van der Waals surface area (Å²) in [7, 11) is 1.54. The van der Waals surface area contributed by atoms with Gasteiger partial charge in [-0.25, -0.2) is 0 Å². The van der Waals surface area contributed by atoms with Gasteiger partial charge in [0.2, 0.25) is 0 Å². The van der Waals surface area contributed by atoms with Crippen molar-refractivity contribution in [2.24, 2.45) is 0 Å². The third-order valence-electron chi connectivity index (χ3n) is 3.26. The van der Waals surface area contributed by atoms with Gasteiger partial charge in [-0.2, -0.15) is 5.10 Å². The average Bonchev–Trinajstić information content (AvgIpc) is 2.82. The number of nitrogens with zero attached hydrogens (tertiary/aromatic N) is 1. The molecular formula is C13H15N3O2. The van der Waals surface area contributed by atoms with Crippen LogP contribution in [0.1, 0.15) is 11.3 Å². The van der Waals surface area contributed by atoms with E-state index in [1.807, 2.05) is 6.07 Å². The highest BCUT2D eigenvalue weighted by Crippen LogP contribution is 2.33. The van der Waals surface area contributed by atoms with Crippen molar-refractivity contribution >= 4 is 0 Å². The van der Waals surface area contributed by atoms with Gasteiger partial charge in [0.05, 0.1) is 12.8 Å². The van der Waals surface area contributed by atoms with Gasteiger partial charge < -0.3 is 15.2 Å². The lowest BCUT2D eigenvalue weighted by atomic mass is 10.0. The van der Waals surface area contributed by atoms with Crippen molar-refractivity contribution in [1.29, 1.82) is 0 Å². The Kier molecular flexibility index (Phi) is 2.68. The molecule has 1 aliphatic heterocycles. The number of aromatic hydroxyl groups is 1. The first-order valence-electron chi connectivity index (χ1n) is 5.94. The molecule has 0 bridgehead atoms. The standard InChI is InChI=1S/C13H15N3O2/c1-18-12-3-2-8(6-11(12)17)13-9-7-14-5-4-10(9)15-16-13/h2-3,6,14,17H,4-5,7H2,1H3,(H,15,16). The van der Waals surface area contributed by atoms with Gasteiger partial charge >= 0.3 is 0 Å². The Morgan fingerprint density at radius 2 is 2.28 bits per heavy atom. The van der Waals surface area contributed by atoms with Crippen molar-refractivity contribution in [3.63, 3.8) is 0 Å². The summed E-state index contributed by atoms with van der Waals surface area (Å²) in [6, 6.07) is 5.34. The van der Waals surface area contributed by atoms with Gasteiger partial charge in [-0.15, -0.1) is 0 Å². The summed E-state index contributed by atoms with van der Waals surface area (Å²) >= 11 is 0. The fraction of sp³-hybridized carbons (Fsp3) is 0.308. The number of methoxy groups -OCH3 is 1. The van der Waals surface area contributed by atoms with Crippen LogP contribution in [-0.4, -0.2) is 29.0 Å². The quantitative estimate of drug-likeness (QED) is 0.748. The second-order valence-electron chi connectivity index (χ2n) is 4.34. The molecule has 5 heteroatoms.